The fraction of sp³-hybridized carbons (Fsp3) is 0.278. The van der Waals surface area contributed by atoms with Gasteiger partial charge in [0.2, 0.25) is 10.0 Å². The minimum Gasteiger partial charge on any atom is -0.468 e. The smallest absolute Gasteiger partial charge is 0.330 e. The second-order valence-corrected chi connectivity index (χ2v) is 7.60. The molecule has 0 atom stereocenters. The number of hydrogen-bond donors (Lipinski definition) is 1. The first-order chi connectivity index (χ1) is 11.9. The summed E-state index contributed by atoms with van der Waals surface area (Å²) in [7, 11) is -3.63. The number of carbonyl (C=O) groups excluding carboxylic acids is 1. The Morgan fingerprint density at radius 3 is 2.56 bits per heavy atom. The Morgan fingerprint density at radius 2 is 1.96 bits per heavy atom. The van der Waals surface area contributed by atoms with Crippen molar-refractivity contribution in [1.82, 2.24) is 4.72 Å². The summed E-state index contributed by atoms with van der Waals surface area (Å²) in [6.45, 7) is 4.35. The predicted molar refractivity (Wildman–Crippen MR) is 94.0 cm³/mol. The summed E-state index contributed by atoms with van der Waals surface area (Å²) in [5, 5.41) is 0. The van der Waals surface area contributed by atoms with E-state index >= 15 is 0 Å². The van der Waals surface area contributed by atoms with Gasteiger partial charge in [0, 0.05) is 6.08 Å². The van der Waals surface area contributed by atoms with E-state index in [1.165, 1.54) is 24.5 Å². The number of hydrogen-bond acceptors (Lipinski definition) is 5. The lowest BCUT2D eigenvalue weighted by atomic mass is 10.2. The molecule has 0 radical (unpaired) electrons. The SMILES string of the molecule is CC(C)COC(=O)/C=C/c1ccc(S(=O)(=O)NCc2ccco2)cc1. The normalized spacial score (nSPS) is 12.0. The van der Waals surface area contributed by atoms with Crippen molar-refractivity contribution in [3.63, 3.8) is 0 Å². The average Bonchev–Trinajstić information content (AvgIpc) is 3.10. The van der Waals surface area contributed by atoms with E-state index in [4.69, 9.17) is 9.15 Å². The molecule has 0 saturated carbocycles. The Hall–Kier alpha value is -2.38. The second-order valence-electron chi connectivity index (χ2n) is 5.83. The molecular weight excluding hydrogens is 342 g/mol. The largest absolute Gasteiger partial charge is 0.468 e. The zero-order chi connectivity index (χ0) is 18.3. The van der Waals surface area contributed by atoms with E-state index < -0.39 is 16.0 Å². The van der Waals surface area contributed by atoms with Gasteiger partial charge in [-0.15, -0.1) is 0 Å². The molecule has 0 aliphatic rings. The molecule has 2 rings (SSSR count). The third-order valence-electron chi connectivity index (χ3n) is 3.18. The molecule has 6 nitrogen and oxygen atoms in total. The Kier molecular flexibility index (Phi) is 6.55. The number of furan rings is 1. The fourth-order valence-corrected chi connectivity index (χ4v) is 2.88. The van der Waals surface area contributed by atoms with Crippen molar-refractivity contribution in [1.29, 1.82) is 0 Å². The van der Waals surface area contributed by atoms with Crippen LogP contribution in [0.1, 0.15) is 25.2 Å². The van der Waals surface area contributed by atoms with Gasteiger partial charge in [-0.25, -0.2) is 17.9 Å². The lowest BCUT2D eigenvalue weighted by Crippen LogP contribution is -2.22. The maximum atomic E-state index is 12.2. The van der Waals surface area contributed by atoms with Gasteiger partial charge in [-0.1, -0.05) is 26.0 Å². The van der Waals surface area contributed by atoms with Gasteiger partial charge in [-0.05, 0) is 41.8 Å². The van der Waals surface area contributed by atoms with E-state index in [0.717, 1.165) is 0 Å². The molecule has 0 amide bonds. The summed E-state index contributed by atoms with van der Waals surface area (Å²) in [5.41, 5.74) is 0.700. The number of sulfonamides is 1. The first-order valence-corrected chi connectivity index (χ1v) is 9.32. The molecule has 25 heavy (non-hydrogen) atoms. The molecule has 0 aliphatic carbocycles. The summed E-state index contributed by atoms with van der Waals surface area (Å²) in [4.78, 5) is 11.7. The highest BCUT2D eigenvalue weighted by atomic mass is 32.2. The van der Waals surface area contributed by atoms with E-state index in [-0.39, 0.29) is 17.4 Å². The van der Waals surface area contributed by atoms with Crippen molar-refractivity contribution >= 4 is 22.1 Å². The number of benzene rings is 1. The monoisotopic (exact) mass is 363 g/mol. The molecule has 134 valence electrons. The zero-order valence-corrected chi connectivity index (χ0v) is 15.0. The Balaban J connectivity index is 1.95. The summed E-state index contributed by atoms with van der Waals surface area (Å²) in [5.74, 6) is 0.379. The van der Waals surface area contributed by atoms with Gasteiger partial charge in [0.15, 0.2) is 0 Å². The minimum absolute atomic E-state index is 0.0820. The standard InChI is InChI=1S/C18H21NO5S/c1-14(2)13-24-18(20)10-7-15-5-8-17(9-6-15)25(21,22)19-12-16-4-3-11-23-16/h3-11,14,19H,12-13H2,1-2H3/b10-7+. The van der Waals surface area contributed by atoms with Crippen LogP contribution in [0, 0.1) is 5.92 Å². The van der Waals surface area contributed by atoms with Gasteiger partial charge < -0.3 is 9.15 Å². The van der Waals surface area contributed by atoms with Gasteiger partial charge in [-0.3, -0.25) is 0 Å². The molecule has 0 fully saturated rings. The van der Waals surface area contributed by atoms with Crippen LogP contribution in [0.4, 0.5) is 0 Å². The summed E-state index contributed by atoms with van der Waals surface area (Å²) < 4.78 is 37.0. The molecule has 1 aromatic heterocycles. The third-order valence-corrected chi connectivity index (χ3v) is 4.59. The number of nitrogens with one attached hydrogen (secondary N) is 1. The van der Waals surface area contributed by atoms with Crippen LogP contribution in [-0.2, 0) is 26.1 Å². The van der Waals surface area contributed by atoms with E-state index in [1.54, 1.807) is 30.3 Å². The van der Waals surface area contributed by atoms with Gasteiger partial charge in [0.25, 0.3) is 0 Å². The van der Waals surface area contributed by atoms with Gasteiger partial charge in [0.1, 0.15) is 5.76 Å². The Labute approximate surface area is 147 Å². The van der Waals surface area contributed by atoms with Crippen LogP contribution in [0.2, 0.25) is 0 Å². The Bertz CT molecular complexity index is 806. The average molecular weight is 363 g/mol. The van der Waals surface area contributed by atoms with Crippen molar-refractivity contribution in [2.24, 2.45) is 5.92 Å². The maximum Gasteiger partial charge on any atom is 0.330 e. The van der Waals surface area contributed by atoms with Crippen LogP contribution < -0.4 is 4.72 Å². The quantitative estimate of drug-likeness (QED) is 0.576. The fourth-order valence-electron chi connectivity index (χ4n) is 1.88. The number of rotatable bonds is 8. The number of ether oxygens (including phenoxy) is 1. The van der Waals surface area contributed by atoms with E-state index in [0.29, 0.717) is 17.9 Å². The van der Waals surface area contributed by atoms with Crippen molar-refractivity contribution < 1.29 is 22.4 Å². The molecule has 0 unspecified atom stereocenters. The Morgan fingerprint density at radius 1 is 1.24 bits per heavy atom. The molecule has 1 N–H and O–H groups in total. The first-order valence-electron chi connectivity index (χ1n) is 7.84. The third kappa shape index (κ3) is 6.21. The van der Waals surface area contributed by atoms with Crippen LogP contribution in [0.5, 0.6) is 0 Å². The predicted octanol–water partition coefficient (Wildman–Crippen LogP) is 2.97. The molecule has 2 aromatic rings. The van der Waals surface area contributed by atoms with Crippen LogP contribution in [0.15, 0.2) is 58.1 Å². The van der Waals surface area contributed by atoms with E-state index in [2.05, 4.69) is 4.72 Å². The molecular formula is C18H21NO5S. The lowest BCUT2D eigenvalue weighted by Gasteiger charge is -2.06. The second kappa shape index (κ2) is 8.64. The summed E-state index contributed by atoms with van der Waals surface area (Å²) >= 11 is 0. The molecule has 0 aliphatic heterocycles. The molecule has 0 saturated heterocycles. The number of esters is 1. The van der Waals surface area contributed by atoms with Crippen molar-refractivity contribution in [2.45, 2.75) is 25.3 Å². The van der Waals surface area contributed by atoms with Gasteiger partial charge in [0.05, 0.1) is 24.3 Å². The maximum absolute atomic E-state index is 12.2. The van der Waals surface area contributed by atoms with Crippen LogP contribution >= 0.6 is 0 Å². The highest BCUT2D eigenvalue weighted by molar-refractivity contribution is 7.89. The highest BCUT2D eigenvalue weighted by Crippen LogP contribution is 2.12. The first kappa shape index (κ1) is 19.0. The zero-order valence-electron chi connectivity index (χ0n) is 14.1. The van der Waals surface area contributed by atoms with Crippen LogP contribution in [0.25, 0.3) is 6.08 Å². The highest BCUT2D eigenvalue weighted by Gasteiger charge is 2.13. The van der Waals surface area contributed by atoms with Crippen LogP contribution in [0.3, 0.4) is 0 Å². The molecule has 1 aromatic carbocycles. The summed E-state index contributed by atoms with van der Waals surface area (Å²) in [6.07, 6.45) is 4.38. The molecule has 0 spiro atoms. The molecule has 1 heterocycles. The summed E-state index contributed by atoms with van der Waals surface area (Å²) in [6, 6.07) is 9.57. The number of carbonyl (C=O) groups is 1. The van der Waals surface area contributed by atoms with E-state index in [1.807, 2.05) is 13.8 Å². The van der Waals surface area contributed by atoms with Gasteiger partial charge >= 0.3 is 5.97 Å². The molecule has 0 bridgehead atoms. The molecule has 7 heteroatoms. The van der Waals surface area contributed by atoms with Crippen molar-refractivity contribution in [2.75, 3.05) is 6.61 Å². The van der Waals surface area contributed by atoms with Crippen molar-refractivity contribution in [3.8, 4) is 0 Å². The lowest BCUT2D eigenvalue weighted by molar-refractivity contribution is -0.138. The van der Waals surface area contributed by atoms with E-state index in [9.17, 15) is 13.2 Å². The minimum atomic E-state index is -3.63. The van der Waals surface area contributed by atoms with Crippen molar-refractivity contribution in [3.05, 3.63) is 60.1 Å². The van der Waals surface area contributed by atoms with Gasteiger partial charge in [-0.2, -0.15) is 0 Å². The van der Waals surface area contributed by atoms with Crippen LogP contribution in [-0.4, -0.2) is 21.0 Å². The topological polar surface area (TPSA) is 85.6 Å².